The van der Waals surface area contributed by atoms with Gasteiger partial charge in [-0.05, 0) is 72.1 Å². The molecule has 0 saturated heterocycles. The van der Waals surface area contributed by atoms with Gasteiger partial charge in [-0.1, -0.05) is 29.8 Å². The van der Waals surface area contributed by atoms with Crippen LogP contribution in [0.3, 0.4) is 0 Å². The van der Waals surface area contributed by atoms with Gasteiger partial charge in [-0.3, -0.25) is 5.32 Å². The summed E-state index contributed by atoms with van der Waals surface area (Å²) in [6.45, 7) is 6.95. The van der Waals surface area contributed by atoms with E-state index in [1.54, 1.807) is 0 Å². The minimum Gasteiger partial charge on any atom is -0.444 e. The molecule has 2 rings (SSSR count). The zero-order chi connectivity index (χ0) is 18.4. The summed E-state index contributed by atoms with van der Waals surface area (Å²) in [7, 11) is 0. The van der Waals surface area contributed by atoms with Crippen LogP contribution in [0, 0.1) is 0 Å². The van der Waals surface area contributed by atoms with Crippen molar-refractivity contribution in [2.24, 2.45) is 0 Å². The van der Waals surface area contributed by atoms with Crippen molar-refractivity contribution in [3.63, 3.8) is 0 Å². The number of benzene rings is 2. The van der Waals surface area contributed by atoms with Crippen LogP contribution in [0.2, 0.25) is 5.02 Å². The summed E-state index contributed by atoms with van der Waals surface area (Å²) in [6, 6.07) is 13.6. The Balaban J connectivity index is 1.82. The number of carbonyl (C=O) groups excluding carboxylic acids is 1. The quantitative estimate of drug-likeness (QED) is 0.642. The summed E-state index contributed by atoms with van der Waals surface area (Å²) in [5.41, 5.74) is 2.44. The molecular formula is C19H22BrClN2O2. The summed E-state index contributed by atoms with van der Waals surface area (Å²) >= 11 is 9.47. The van der Waals surface area contributed by atoms with Crippen LogP contribution in [0.25, 0.3) is 0 Å². The molecule has 0 aromatic heterocycles. The molecule has 4 nitrogen and oxygen atoms in total. The van der Waals surface area contributed by atoms with Gasteiger partial charge >= 0.3 is 6.09 Å². The number of nitrogens with one attached hydrogen (secondary N) is 2. The standard InChI is InChI=1S/C19H22BrClN2O2/c1-19(2,3)25-18(24)23-15-7-4-13(5-8-15)11-22-12-14-6-9-16(20)17(21)10-14/h4-10,22H,11-12H2,1-3H3,(H,23,24). The first-order valence-electron chi connectivity index (χ1n) is 7.96. The van der Waals surface area contributed by atoms with Crippen molar-refractivity contribution in [3.8, 4) is 0 Å². The van der Waals surface area contributed by atoms with E-state index in [9.17, 15) is 4.79 Å². The molecule has 0 saturated carbocycles. The molecule has 2 aromatic rings. The third-order valence-corrected chi connectivity index (χ3v) is 4.47. The maximum absolute atomic E-state index is 11.7. The van der Waals surface area contributed by atoms with Gasteiger partial charge in [0.2, 0.25) is 0 Å². The first kappa shape index (κ1) is 19.8. The first-order valence-corrected chi connectivity index (χ1v) is 9.13. The second kappa shape index (κ2) is 8.70. The molecule has 0 aliphatic heterocycles. The molecule has 0 heterocycles. The van der Waals surface area contributed by atoms with Gasteiger partial charge in [-0.2, -0.15) is 0 Å². The largest absolute Gasteiger partial charge is 0.444 e. The third kappa shape index (κ3) is 7.06. The van der Waals surface area contributed by atoms with Crippen molar-refractivity contribution in [2.75, 3.05) is 5.32 Å². The van der Waals surface area contributed by atoms with E-state index >= 15 is 0 Å². The molecule has 6 heteroatoms. The number of ether oxygens (including phenoxy) is 1. The summed E-state index contributed by atoms with van der Waals surface area (Å²) in [5.74, 6) is 0. The molecule has 0 unspecified atom stereocenters. The minimum absolute atomic E-state index is 0.453. The lowest BCUT2D eigenvalue weighted by Gasteiger charge is -2.19. The molecule has 0 aliphatic carbocycles. The molecule has 2 aromatic carbocycles. The molecule has 25 heavy (non-hydrogen) atoms. The fourth-order valence-electron chi connectivity index (χ4n) is 2.13. The molecule has 0 atom stereocenters. The number of carbonyl (C=O) groups is 1. The fraction of sp³-hybridized carbons (Fsp3) is 0.316. The van der Waals surface area contributed by atoms with Crippen molar-refractivity contribution in [2.45, 2.75) is 39.5 Å². The number of amides is 1. The highest BCUT2D eigenvalue weighted by Gasteiger charge is 2.16. The summed E-state index contributed by atoms with van der Waals surface area (Å²) in [4.78, 5) is 11.7. The minimum atomic E-state index is -0.510. The Morgan fingerprint density at radius 3 is 2.28 bits per heavy atom. The van der Waals surface area contributed by atoms with Gasteiger partial charge in [0.1, 0.15) is 5.60 Å². The predicted molar refractivity (Wildman–Crippen MR) is 106 cm³/mol. The Morgan fingerprint density at radius 1 is 1.08 bits per heavy atom. The monoisotopic (exact) mass is 424 g/mol. The van der Waals surface area contributed by atoms with Gasteiger partial charge in [0.05, 0.1) is 5.02 Å². The third-order valence-electron chi connectivity index (χ3n) is 3.24. The van der Waals surface area contributed by atoms with E-state index in [4.69, 9.17) is 16.3 Å². The van der Waals surface area contributed by atoms with Crippen molar-refractivity contribution < 1.29 is 9.53 Å². The van der Waals surface area contributed by atoms with E-state index in [0.29, 0.717) is 10.7 Å². The summed E-state index contributed by atoms with van der Waals surface area (Å²) in [6.07, 6.45) is -0.453. The molecule has 0 spiro atoms. The molecule has 134 valence electrons. The van der Waals surface area contributed by atoms with Crippen LogP contribution in [0.1, 0.15) is 31.9 Å². The molecule has 0 fully saturated rings. The molecule has 2 N–H and O–H groups in total. The fourth-order valence-corrected chi connectivity index (χ4v) is 2.58. The smallest absolute Gasteiger partial charge is 0.412 e. The zero-order valence-corrected chi connectivity index (χ0v) is 16.9. The Hall–Kier alpha value is -1.56. The molecule has 1 amide bonds. The zero-order valence-electron chi connectivity index (χ0n) is 14.5. The van der Waals surface area contributed by atoms with E-state index in [2.05, 4.69) is 26.6 Å². The van der Waals surface area contributed by atoms with E-state index in [0.717, 1.165) is 28.7 Å². The highest BCUT2D eigenvalue weighted by molar-refractivity contribution is 9.10. The topological polar surface area (TPSA) is 50.4 Å². The lowest BCUT2D eigenvalue weighted by Crippen LogP contribution is -2.27. The maximum atomic E-state index is 11.7. The first-order chi connectivity index (χ1) is 11.7. The van der Waals surface area contributed by atoms with E-state index < -0.39 is 11.7 Å². The Kier molecular flexibility index (Phi) is 6.87. The number of hydrogen-bond acceptors (Lipinski definition) is 3. The Bertz CT molecular complexity index is 727. The van der Waals surface area contributed by atoms with Gasteiger partial charge < -0.3 is 10.1 Å². The second-order valence-corrected chi connectivity index (χ2v) is 7.94. The normalized spacial score (nSPS) is 11.2. The summed E-state index contributed by atoms with van der Waals surface area (Å²) < 4.78 is 6.12. The number of anilines is 1. The van der Waals surface area contributed by atoms with E-state index in [-0.39, 0.29) is 0 Å². The van der Waals surface area contributed by atoms with Crippen LogP contribution in [-0.2, 0) is 17.8 Å². The van der Waals surface area contributed by atoms with Gasteiger partial charge in [0.15, 0.2) is 0 Å². The van der Waals surface area contributed by atoms with Gasteiger partial charge in [-0.15, -0.1) is 0 Å². The lowest BCUT2D eigenvalue weighted by atomic mass is 10.2. The Labute approximate surface area is 162 Å². The Morgan fingerprint density at radius 2 is 1.68 bits per heavy atom. The van der Waals surface area contributed by atoms with Crippen LogP contribution in [0.5, 0.6) is 0 Å². The van der Waals surface area contributed by atoms with Crippen LogP contribution >= 0.6 is 27.5 Å². The SMILES string of the molecule is CC(C)(C)OC(=O)Nc1ccc(CNCc2ccc(Br)c(Cl)c2)cc1. The van der Waals surface area contributed by atoms with Crippen LogP contribution in [-0.4, -0.2) is 11.7 Å². The highest BCUT2D eigenvalue weighted by atomic mass is 79.9. The van der Waals surface area contributed by atoms with Crippen molar-refractivity contribution in [1.29, 1.82) is 0 Å². The van der Waals surface area contributed by atoms with Crippen molar-refractivity contribution >= 4 is 39.3 Å². The van der Waals surface area contributed by atoms with Crippen molar-refractivity contribution in [1.82, 2.24) is 5.32 Å². The number of rotatable bonds is 5. The van der Waals surface area contributed by atoms with Gasteiger partial charge in [-0.25, -0.2) is 4.79 Å². The van der Waals surface area contributed by atoms with Crippen LogP contribution in [0.4, 0.5) is 10.5 Å². The lowest BCUT2D eigenvalue weighted by molar-refractivity contribution is 0.0636. The molecular weight excluding hydrogens is 404 g/mol. The van der Waals surface area contributed by atoms with Crippen LogP contribution < -0.4 is 10.6 Å². The van der Waals surface area contributed by atoms with E-state index in [1.807, 2.05) is 63.2 Å². The maximum Gasteiger partial charge on any atom is 0.412 e. The highest BCUT2D eigenvalue weighted by Crippen LogP contribution is 2.23. The predicted octanol–water partition coefficient (Wildman–Crippen LogP) is 5.74. The number of hydrogen-bond donors (Lipinski definition) is 2. The number of halogens is 2. The van der Waals surface area contributed by atoms with Crippen LogP contribution in [0.15, 0.2) is 46.9 Å². The molecule has 0 aliphatic rings. The average molecular weight is 426 g/mol. The molecule has 0 radical (unpaired) electrons. The molecule has 0 bridgehead atoms. The van der Waals surface area contributed by atoms with Crippen molar-refractivity contribution in [3.05, 3.63) is 63.1 Å². The van der Waals surface area contributed by atoms with E-state index in [1.165, 1.54) is 0 Å². The average Bonchev–Trinajstić information content (AvgIpc) is 2.51. The van der Waals surface area contributed by atoms with Gasteiger partial charge in [0, 0.05) is 23.2 Å². The second-order valence-electron chi connectivity index (χ2n) is 6.68. The van der Waals surface area contributed by atoms with Gasteiger partial charge in [0.25, 0.3) is 0 Å². The summed E-state index contributed by atoms with van der Waals surface area (Å²) in [5, 5.41) is 6.79.